The van der Waals surface area contributed by atoms with E-state index in [0.717, 1.165) is 30.2 Å². The molecule has 0 unspecified atom stereocenters. The predicted molar refractivity (Wildman–Crippen MR) is 62.5 cm³/mol. The van der Waals surface area contributed by atoms with E-state index < -0.39 is 10.2 Å². The van der Waals surface area contributed by atoms with Gasteiger partial charge in [0.2, 0.25) is 0 Å². The van der Waals surface area contributed by atoms with E-state index in [9.17, 15) is 8.42 Å². The summed E-state index contributed by atoms with van der Waals surface area (Å²) in [6.07, 6.45) is 2.27. The Morgan fingerprint density at radius 1 is 1.38 bits per heavy atom. The lowest BCUT2D eigenvalue weighted by atomic mass is 10.1. The molecule has 6 nitrogen and oxygen atoms in total. The van der Waals surface area contributed by atoms with Crippen LogP contribution in [0.1, 0.15) is 12.8 Å². The van der Waals surface area contributed by atoms with Crippen LogP contribution >= 0.6 is 0 Å². The van der Waals surface area contributed by atoms with Crippen LogP contribution in [0.2, 0.25) is 0 Å². The summed E-state index contributed by atoms with van der Waals surface area (Å²) >= 11 is 0. The second-order valence-corrected chi connectivity index (χ2v) is 5.97. The van der Waals surface area contributed by atoms with Gasteiger partial charge in [0.05, 0.1) is 12.7 Å². The molecule has 0 radical (unpaired) electrons. The average Bonchev–Trinajstić information content (AvgIpc) is 2.26. The van der Waals surface area contributed by atoms with Gasteiger partial charge in [-0.25, -0.2) is 0 Å². The summed E-state index contributed by atoms with van der Waals surface area (Å²) < 4.78 is 31.8. The topological polar surface area (TPSA) is 70.7 Å². The molecule has 0 aromatic heterocycles. The van der Waals surface area contributed by atoms with Gasteiger partial charge < -0.3 is 10.1 Å². The van der Waals surface area contributed by atoms with Crippen LogP contribution in [0.25, 0.3) is 0 Å². The number of hydrogen-bond acceptors (Lipinski definition) is 4. The number of rotatable bonds is 6. The smallest absolute Gasteiger partial charge is 0.279 e. The van der Waals surface area contributed by atoms with Crippen LogP contribution in [0.3, 0.4) is 0 Å². The van der Waals surface area contributed by atoms with Gasteiger partial charge in [-0.05, 0) is 25.9 Å². The van der Waals surface area contributed by atoms with Crippen LogP contribution in [-0.2, 0) is 14.9 Å². The molecular formula is C9H21N3O3S. The van der Waals surface area contributed by atoms with Gasteiger partial charge in [-0.15, -0.1) is 0 Å². The quantitative estimate of drug-likeness (QED) is 0.603. The summed E-state index contributed by atoms with van der Waals surface area (Å²) in [5.74, 6) is 0. The standard InChI is InChI=1S/C9H21N3O3S/c1-12(2)16(13,14)11-7-8-15-9-3-5-10-6-4-9/h9-11H,3-8H2,1-2H3. The van der Waals surface area contributed by atoms with Gasteiger partial charge in [0.15, 0.2) is 0 Å². The molecule has 1 rings (SSSR count). The van der Waals surface area contributed by atoms with E-state index in [1.807, 2.05) is 0 Å². The van der Waals surface area contributed by atoms with E-state index in [1.54, 1.807) is 0 Å². The highest BCUT2D eigenvalue weighted by Gasteiger charge is 2.14. The monoisotopic (exact) mass is 251 g/mol. The summed E-state index contributed by atoms with van der Waals surface area (Å²) in [6, 6.07) is 0. The summed E-state index contributed by atoms with van der Waals surface area (Å²) in [7, 11) is -0.318. The van der Waals surface area contributed by atoms with Crippen LogP contribution in [0.15, 0.2) is 0 Å². The highest BCUT2D eigenvalue weighted by Crippen LogP contribution is 2.06. The lowest BCUT2D eigenvalue weighted by molar-refractivity contribution is 0.0366. The SMILES string of the molecule is CN(C)S(=O)(=O)NCCOC1CCNCC1. The zero-order valence-corrected chi connectivity index (χ0v) is 10.7. The van der Waals surface area contributed by atoms with E-state index in [1.165, 1.54) is 14.1 Å². The Hall–Kier alpha value is -0.210. The molecule has 1 saturated heterocycles. The third kappa shape index (κ3) is 4.75. The molecule has 0 aromatic rings. The fraction of sp³-hybridized carbons (Fsp3) is 1.00. The van der Waals surface area contributed by atoms with Gasteiger partial charge in [0, 0.05) is 20.6 Å². The fourth-order valence-corrected chi connectivity index (χ4v) is 2.09. The van der Waals surface area contributed by atoms with E-state index in [2.05, 4.69) is 10.0 Å². The zero-order chi connectivity index (χ0) is 12.0. The molecule has 0 spiro atoms. The fourth-order valence-electron chi connectivity index (χ4n) is 1.49. The van der Waals surface area contributed by atoms with Gasteiger partial charge in [-0.1, -0.05) is 0 Å². The number of nitrogens with zero attached hydrogens (tertiary/aromatic N) is 1. The number of nitrogens with one attached hydrogen (secondary N) is 2. The first-order valence-corrected chi connectivity index (χ1v) is 6.96. The van der Waals surface area contributed by atoms with Crippen molar-refractivity contribution in [2.24, 2.45) is 0 Å². The maximum absolute atomic E-state index is 11.3. The minimum atomic E-state index is -3.31. The third-order valence-corrected chi connectivity index (χ3v) is 4.04. The first-order valence-electron chi connectivity index (χ1n) is 5.52. The number of piperidine rings is 1. The van der Waals surface area contributed by atoms with Gasteiger partial charge >= 0.3 is 0 Å². The minimum Gasteiger partial charge on any atom is -0.377 e. The van der Waals surface area contributed by atoms with Crippen molar-refractivity contribution in [2.75, 3.05) is 40.3 Å². The van der Waals surface area contributed by atoms with E-state index >= 15 is 0 Å². The van der Waals surface area contributed by atoms with Gasteiger partial charge in [-0.2, -0.15) is 17.4 Å². The Kier molecular flexibility index (Phi) is 5.63. The lowest BCUT2D eigenvalue weighted by Gasteiger charge is -2.23. The Bertz CT molecular complexity index is 286. The Labute approximate surface area is 97.5 Å². The normalized spacial score (nSPS) is 19.2. The van der Waals surface area contributed by atoms with Crippen molar-refractivity contribution in [2.45, 2.75) is 18.9 Å². The second kappa shape index (κ2) is 6.51. The molecule has 0 bridgehead atoms. The summed E-state index contributed by atoms with van der Waals surface area (Å²) in [4.78, 5) is 0. The summed E-state index contributed by atoms with van der Waals surface area (Å²) in [6.45, 7) is 2.71. The number of hydrogen-bond donors (Lipinski definition) is 2. The van der Waals surface area contributed by atoms with Gasteiger partial charge in [0.25, 0.3) is 10.2 Å². The van der Waals surface area contributed by atoms with Crippen LogP contribution in [0, 0.1) is 0 Å². The Morgan fingerprint density at radius 2 is 2.00 bits per heavy atom. The molecule has 0 aromatic carbocycles. The third-order valence-electron chi connectivity index (χ3n) is 2.51. The Balaban J connectivity index is 2.11. The maximum atomic E-state index is 11.3. The molecule has 1 heterocycles. The molecule has 0 atom stereocenters. The van der Waals surface area contributed by atoms with Crippen LogP contribution in [0.4, 0.5) is 0 Å². The number of ether oxygens (including phenoxy) is 1. The predicted octanol–water partition coefficient (Wildman–Crippen LogP) is -0.849. The van der Waals surface area contributed by atoms with Crippen molar-refractivity contribution in [3.05, 3.63) is 0 Å². The van der Waals surface area contributed by atoms with E-state index in [4.69, 9.17) is 4.74 Å². The molecule has 0 amide bonds. The maximum Gasteiger partial charge on any atom is 0.279 e. The largest absolute Gasteiger partial charge is 0.377 e. The lowest BCUT2D eigenvalue weighted by Crippen LogP contribution is -2.38. The molecule has 0 aliphatic carbocycles. The summed E-state index contributed by atoms with van der Waals surface area (Å²) in [5, 5.41) is 3.25. The molecular weight excluding hydrogens is 230 g/mol. The highest BCUT2D eigenvalue weighted by atomic mass is 32.2. The van der Waals surface area contributed by atoms with Gasteiger partial charge in [0.1, 0.15) is 0 Å². The summed E-state index contributed by atoms with van der Waals surface area (Å²) in [5.41, 5.74) is 0. The van der Waals surface area contributed by atoms with Crippen LogP contribution in [0.5, 0.6) is 0 Å². The van der Waals surface area contributed by atoms with Crippen molar-refractivity contribution in [3.63, 3.8) is 0 Å². The molecule has 1 fully saturated rings. The average molecular weight is 251 g/mol. The highest BCUT2D eigenvalue weighted by molar-refractivity contribution is 7.87. The molecule has 2 N–H and O–H groups in total. The van der Waals surface area contributed by atoms with Gasteiger partial charge in [-0.3, -0.25) is 0 Å². The van der Waals surface area contributed by atoms with Crippen LogP contribution in [-0.4, -0.2) is 59.2 Å². The first kappa shape index (κ1) is 13.9. The second-order valence-electron chi connectivity index (χ2n) is 4.00. The minimum absolute atomic E-state index is 0.269. The van der Waals surface area contributed by atoms with Crippen molar-refractivity contribution in [1.29, 1.82) is 0 Å². The molecule has 7 heteroatoms. The molecule has 16 heavy (non-hydrogen) atoms. The first-order chi connectivity index (χ1) is 7.52. The van der Waals surface area contributed by atoms with E-state index in [0.29, 0.717) is 13.2 Å². The molecule has 1 aliphatic heterocycles. The molecule has 96 valence electrons. The Morgan fingerprint density at radius 3 is 2.56 bits per heavy atom. The molecule has 0 saturated carbocycles. The van der Waals surface area contributed by atoms with Crippen LogP contribution < -0.4 is 10.0 Å². The zero-order valence-electron chi connectivity index (χ0n) is 9.90. The van der Waals surface area contributed by atoms with E-state index in [-0.39, 0.29) is 6.10 Å². The van der Waals surface area contributed by atoms with Crippen molar-refractivity contribution in [1.82, 2.24) is 14.3 Å². The van der Waals surface area contributed by atoms with Crippen molar-refractivity contribution in [3.8, 4) is 0 Å². The molecule has 1 aliphatic rings. The van der Waals surface area contributed by atoms with Crippen molar-refractivity contribution < 1.29 is 13.2 Å². The van der Waals surface area contributed by atoms with Crippen molar-refractivity contribution >= 4 is 10.2 Å².